The lowest BCUT2D eigenvalue weighted by Crippen LogP contribution is -2.39. The summed E-state index contributed by atoms with van der Waals surface area (Å²) in [6.07, 6.45) is -5.19. The highest BCUT2D eigenvalue weighted by molar-refractivity contribution is 5.34. The van der Waals surface area contributed by atoms with Crippen LogP contribution in [0.3, 0.4) is 0 Å². The standard InChI is InChI=1S/C16H21F3O4/c1-3-10(4-2)13-11-7-5-6-8-12(11)14(23-20)22-15(13)21-9-16(17,18)19/h5-8,10,13-15,20H,3-4,9H2,1-2H3/t13-,14-,15-/m1/s1. The summed E-state index contributed by atoms with van der Waals surface area (Å²) in [5, 5.41) is 9.02. The fourth-order valence-corrected chi connectivity index (χ4v) is 3.13. The summed E-state index contributed by atoms with van der Waals surface area (Å²) >= 11 is 0. The smallest absolute Gasteiger partial charge is 0.342 e. The summed E-state index contributed by atoms with van der Waals surface area (Å²) in [6, 6.07) is 7.10. The average molecular weight is 334 g/mol. The number of alkyl halides is 3. The first-order chi connectivity index (χ1) is 10.9. The van der Waals surface area contributed by atoms with Crippen LogP contribution in [0.4, 0.5) is 13.2 Å². The highest BCUT2D eigenvalue weighted by Gasteiger charge is 2.42. The predicted octanol–water partition coefficient (Wildman–Crippen LogP) is 4.63. The van der Waals surface area contributed by atoms with Crippen LogP contribution in [0.2, 0.25) is 0 Å². The monoisotopic (exact) mass is 334 g/mol. The molecule has 4 nitrogen and oxygen atoms in total. The van der Waals surface area contributed by atoms with Gasteiger partial charge in [-0.05, 0) is 11.5 Å². The van der Waals surface area contributed by atoms with E-state index in [9.17, 15) is 13.2 Å². The van der Waals surface area contributed by atoms with Crippen molar-refractivity contribution in [3.05, 3.63) is 35.4 Å². The summed E-state index contributed by atoms with van der Waals surface area (Å²) in [5.41, 5.74) is 1.40. The van der Waals surface area contributed by atoms with Gasteiger partial charge in [-0.3, -0.25) is 0 Å². The van der Waals surface area contributed by atoms with E-state index in [2.05, 4.69) is 4.89 Å². The molecule has 1 aromatic carbocycles. The molecule has 0 saturated heterocycles. The highest BCUT2D eigenvalue weighted by atomic mass is 19.4. The molecule has 0 saturated carbocycles. The van der Waals surface area contributed by atoms with Gasteiger partial charge in [0, 0.05) is 11.5 Å². The van der Waals surface area contributed by atoms with E-state index in [1.165, 1.54) is 0 Å². The van der Waals surface area contributed by atoms with Gasteiger partial charge in [0.25, 0.3) is 0 Å². The van der Waals surface area contributed by atoms with Crippen LogP contribution < -0.4 is 0 Å². The summed E-state index contributed by atoms with van der Waals surface area (Å²) < 4.78 is 48.0. The zero-order chi connectivity index (χ0) is 17.0. The molecule has 0 unspecified atom stereocenters. The minimum atomic E-state index is -4.45. The lowest BCUT2D eigenvalue weighted by atomic mass is 9.78. The van der Waals surface area contributed by atoms with E-state index in [-0.39, 0.29) is 11.8 Å². The number of halogens is 3. The van der Waals surface area contributed by atoms with E-state index in [0.29, 0.717) is 5.56 Å². The fraction of sp³-hybridized carbons (Fsp3) is 0.625. The lowest BCUT2D eigenvalue weighted by Gasteiger charge is -2.40. The quantitative estimate of drug-likeness (QED) is 0.609. The maximum absolute atomic E-state index is 12.5. The molecule has 0 radical (unpaired) electrons. The zero-order valence-electron chi connectivity index (χ0n) is 13.0. The van der Waals surface area contributed by atoms with Crippen molar-refractivity contribution < 1.29 is 32.8 Å². The minimum Gasteiger partial charge on any atom is -0.342 e. The third-order valence-corrected chi connectivity index (χ3v) is 4.22. The van der Waals surface area contributed by atoms with Crippen LogP contribution in [0.1, 0.15) is 50.0 Å². The second kappa shape index (κ2) is 7.61. The molecule has 23 heavy (non-hydrogen) atoms. The molecule has 3 atom stereocenters. The van der Waals surface area contributed by atoms with E-state index < -0.39 is 25.4 Å². The van der Waals surface area contributed by atoms with Crippen LogP contribution >= 0.6 is 0 Å². The normalized spacial score (nSPS) is 24.7. The molecular formula is C16H21F3O4. The molecule has 2 rings (SSSR count). The van der Waals surface area contributed by atoms with Crippen molar-refractivity contribution in [2.75, 3.05) is 6.61 Å². The third kappa shape index (κ3) is 4.23. The summed E-state index contributed by atoms with van der Waals surface area (Å²) in [7, 11) is 0. The molecule has 0 bridgehead atoms. The van der Waals surface area contributed by atoms with Gasteiger partial charge >= 0.3 is 6.18 Å². The second-order valence-corrected chi connectivity index (χ2v) is 5.60. The Morgan fingerprint density at radius 1 is 1.17 bits per heavy atom. The minimum absolute atomic E-state index is 0.0917. The first-order valence-corrected chi connectivity index (χ1v) is 7.64. The van der Waals surface area contributed by atoms with Gasteiger partial charge in [0.2, 0.25) is 6.29 Å². The van der Waals surface area contributed by atoms with Crippen molar-refractivity contribution in [2.24, 2.45) is 5.92 Å². The van der Waals surface area contributed by atoms with Crippen molar-refractivity contribution in [1.29, 1.82) is 0 Å². The molecule has 1 heterocycles. The molecule has 1 aliphatic rings. The van der Waals surface area contributed by atoms with Crippen molar-refractivity contribution in [1.82, 2.24) is 0 Å². The van der Waals surface area contributed by atoms with Crippen molar-refractivity contribution in [2.45, 2.75) is 51.4 Å². The van der Waals surface area contributed by atoms with E-state index in [1.807, 2.05) is 19.9 Å². The van der Waals surface area contributed by atoms with E-state index >= 15 is 0 Å². The molecule has 0 spiro atoms. The van der Waals surface area contributed by atoms with Crippen LogP contribution in [0.5, 0.6) is 0 Å². The first kappa shape index (κ1) is 18.2. The van der Waals surface area contributed by atoms with Gasteiger partial charge < -0.3 is 9.47 Å². The first-order valence-electron chi connectivity index (χ1n) is 7.64. The Labute approximate surface area is 133 Å². The number of rotatable bonds is 6. The van der Waals surface area contributed by atoms with E-state index in [1.54, 1.807) is 18.2 Å². The summed E-state index contributed by atoms with van der Waals surface area (Å²) in [5.74, 6) is -0.260. The number of benzene rings is 1. The number of ether oxygens (including phenoxy) is 2. The topological polar surface area (TPSA) is 47.9 Å². The largest absolute Gasteiger partial charge is 0.411 e. The molecule has 1 N–H and O–H groups in total. The van der Waals surface area contributed by atoms with Crippen LogP contribution in [0.25, 0.3) is 0 Å². The van der Waals surface area contributed by atoms with Crippen molar-refractivity contribution in [3.63, 3.8) is 0 Å². The Morgan fingerprint density at radius 2 is 1.78 bits per heavy atom. The van der Waals surface area contributed by atoms with Gasteiger partial charge in [0.15, 0.2) is 6.29 Å². The van der Waals surface area contributed by atoms with E-state index in [4.69, 9.17) is 14.7 Å². The molecule has 0 aliphatic carbocycles. The summed E-state index contributed by atoms with van der Waals surface area (Å²) in [6.45, 7) is 2.55. The van der Waals surface area contributed by atoms with Gasteiger partial charge in [0.05, 0.1) is 0 Å². The lowest BCUT2D eigenvalue weighted by molar-refractivity contribution is -0.391. The molecule has 0 aromatic heterocycles. The molecule has 0 amide bonds. The molecular weight excluding hydrogens is 313 g/mol. The third-order valence-electron chi connectivity index (χ3n) is 4.22. The van der Waals surface area contributed by atoms with Crippen LogP contribution in [0.15, 0.2) is 24.3 Å². The molecule has 1 aliphatic heterocycles. The van der Waals surface area contributed by atoms with Gasteiger partial charge in [-0.2, -0.15) is 13.2 Å². The Bertz CT molecular complexity index is 502. The average Bonchev–Trinajstić information content (AvgIpc) is 2.53. The van der Waals surface area contributed by atoms with Crippen LogP contribution in [0, 0.1) is 5.92 Å². The predicted molar refractivity (Wildman–Crippen MR) is 76.6 cm³/mol. The van der Waals surface area contributed by atoms with Crippen molar-refractivity contribution in [3.8, 4) is 0 Å². The molecule has 7 heteroatoms. The number of fused-ring (bicyclic) bond motifs is 1. The Hall–Kier alpha value is -1.15. The fourth-order valence-electron chi connectivity index (χ4n) is 3.13. The van der Waals surface area contributed by atoms with Gasteiger partial charge in [-0.1, -0.05) is 51.0 Å². The highest BCUT2D eigenvalue weighted by Crippen LogP contribution is 2.44. The second-order valence-electron chi connectivity index (χ2n) is 5.60. The Kier molecular flexibility index (Phi) is 6.02. The van der Waals surface area contributed by atoms with Crippen molar-refractivity contribution >= 4 is 0 Å². The maximum Gasteiger partial charge on any atom is 0.411 e. The number of hydrogen-bond acceptors (Lipinski definition) is 4. The number of hydrogen-bond donors (Lipinski definition) is 1. The van der Waals surface area contributed by atoms with Gasteiger partial charge in [-0.15, -0.1) is 0 Å². The summed E-state index contributed by atoms with van der Waals surface area (Å²) in [4.78, 5) is 4.29. The van der Waals surface area contributed by atoms with Crippen LogP contribution in [-0.4, -0.2) is 24.3 Å². The SMILES string of the molecule is CCC(CC)[C@@H]1c2ccccc2[C@@H](OO)O[C@H]1OCC(F)(F)F. The molecule has 1 aromatic rings. The molecule has 0 fully saturated rings. The van der Waals surface area contributed by atoms with E-state index in [0.717, 1.165) is 18.4 Å². The molecule has 130 valence electrons. The Balaban J connectivity index is 2.36. The Morgan fingerprint density at radius 3 is 2.30 bits per heavy atom. The van der Waals surface area contributed by atoms with Gasteiger partial charge in [-0.25, -0.2) is 10.1 Å². The van der Waals surface area contributed by atoms with Gasteiger partial charge in [0.1, 0.15) is 6.61 Å². The van der Waals surface area contributed by atoms with Crippen LogP contribution in [-0.2, 0) is 14.4 Å². The zero-order valence-corrected chi connectivity index (χ0v) is 13.0. The maximum atomic E-state index is 12.5.